The van der Waals surface area contributed by atoms with Gasteiger partial charge in [0, 0.05) is 11.7 Å². The summed E-state index contributed by atoms with van der Waals surface area (Å²) < 4.78 is 28.9. The number of aryl methyl sites for hydroxylation is 2. The van der Waals surface area contributed by atoms with Gasteiger partial charge in [-0.3, -0.25) is 4.98 Å². The molecule has 1 aromatic carbocycles. The molecule has 1 unspecified atom stereocenters. The second-order valence-electron chi connectivity index (χ2n) is 4.90. The van der Waals surface area contributed by atoms with E-state index in [1.165, 1.54) is 6.07 Å². The average Bonchev–Trinajstić information content (AvgIpc) is 2.41. The van der Waals surface area contributed by atoms with Crippen molar-refractivity contribution in [3.8, 4) is 5.75 Å². The van der Waals surface area contributed by atoms with Crippen molar-refractivity contribution in [1.29, 1.82) is 0 Å². The van der Waals surface area contributed by atoms with Gasteiger partial charge in [-0.1, -0.05) is 12.1 Å². The van der Waals surface area contributed by atoms with Crippen molar-refractivity contribution in [3.05, 3.63) is 53.3 Å². The number of hydrogen-bond acceptors (Lipinski definition) is 3. The van der Waals surface area contributed by atoms with Crippen LogP contribution in [0.15, 0.2) is 36.4 Å². The number of alkyl halides is 2. The zero-order valence-corrected chi connectivity index (χ0v) is 12.2. The smallest absolute Gasteiger partial charge is 0.387 e. The number of rotatable bonds is 5. The molecule has 0 radical (unpaired) electrons. The summed E-state index contributed by atoms with van der Waals surface area (Å²) in [4.78, 5) is 4.39. The van der Waals surface area contributed by atoms with E-state index in [1.54, 1.807) is 12.1 Å². The summed E-state index contributed by atoms with van der Waals surface area (Å²) >= 11 is 0. The Kier molecular flexibility index (Phi) is 4.73. The van der Waals surface area contributed by atoms with Crippen LogP contribution >= 0.6 is 0 Å². The summed E-state index contributed by atoms with van der Waals surface area (Å²) in [6, 6.07) is 10.5. The molecule has 112 valence electrons. The molecule has 3 nitrogen and oxygen atoms in total. The van der Waals surface area contributed by atoms with Crippen molar-refractivity contribution < 1.29 is 13.5 Å². The first-order valence-electron chi connectivity index (χ1n) is 6.71. The van der Waals surface area contributed by atoms with Gasteiger partial charge in [0.15, 0.2) is 0 Å². The molecule has 1 N–H and O–H groups in total. The van der Waals surface area contributed by atoms with Crippen molar-refractivity contribution in [2.45, 2.75) is 33.4 Å². The molecule has 2 aromatic rings. The van der Waals surface area contributed by atoms with Gasteiger partial charge >= 0.3 is 6.61 Å². The standard InChI is InChI=1S/C16H18F2N2O/c1-10-7-8-15(12(3)19-10)20-11(2)13-5-4-6-14(9-13)21-16(17)18/h4-9,11,16,20H,1-3H3. The minimum atomic E-state index is -2.81. The van der Waals surface area contributed by atoms with Gasteiger partial charge < -0.3 is 10.1 Å². The van der Waals surface area contributed by atoms with Gasteiger partial charge in [-0.25, -0.2) is 0 Å². The molecule has 5 heteroatoms. The molecule has 0 aliphatic heterocycles. The average molecular weight is 292 g/mol. The first-order chi connectivity index (χ1) is 9.95. The van der Waals surface area contributed by atoms with Crippen LogP contribution in [-0.4, -0.2) is 11.6 Å². The van der Waals surface area contributed by atoms with E-state index in [0.29, 0.717) is 0 Å². The van der Waals surface area contributed by atoms with Crippen LogP contribution < -0.4 is 10.1 Å². The van der Waals surface area contributed by atoms with Crippen LogP contribution in [0, 0.1) is 13.8 Å². The van der Waals surface area contributed by atoms with Gasteiger partial charge in [0.25, 0.3) is 0 Å². The molecule has 0 fully saturated rings. The lowest BCUT2D eigenvalue weighted by atomic mass is 10.1. The zero-order valence-electron chi connectivity index (χ0n) is 12.2. The summed E-state index contributed by atoms with van der Waals surface area (Å²) in [5.74, 6) is 0.162. The van der Waals surface area contributed by atoms with E-state index in [4.69, 9.17) is 0 Å². The van der Waals surface area contributed by atoms with Gasteiger partial charge in [0.05, 0.1) is 11.4 Å². The van der Waals surface area contributed by atoms with Crippen molar-refractivity contribution in [3.63, 3.8) is 0 Å². The molecular weight excluding hydrogens is 274 g/mol. The molecule has 0 amide bonds. The highest BCUT2D eigenvalue weighted by atomic mass is 19.3. The van der Waals surface area contributed by atoms with E-state index in [1.807, 2.05) is 39.0 Å². The van der Waals surface area contributed by atoms with Crippen LogP contribution in [0.3, 0.4) is 0 Å². The number of aromatic nitrogens is 1. The maximum absolute atomic E-state index is 12.2. The van der Waals surface area contributed by atoms with Crippen molar-refractivity contribution in [1.82, 2.24) is 4.98 Å². The number of nitrogens with one attached hydrogen (secondary N) is 1. The van der Waals surface area contributed by atoms with E-state index in [2.05, 4.69) is 15.0 Å². The number of hydrogen-bond donors (Lipinski definition) is 1. The van der Waals surface area contributed by atoms with Crippen LogP contribution in [0.25, 0.3) is 0 Å². The predicted octanol–water partition coefficient (Wildman–Crippen LogP) is 4.47. The molecule has 1 aromatic heterocycles. The first-order valence-corrected chi connectivity index (χ1v) is 6.71. The molecule has 0 aliphatic rings. The monoisotopic (exact) mass is 292 g/mol. The fraction of sp³-hybridized carbons (Fsp3) is 0.312. The Balaban J connectivity index is 2.14. The molecule has 0 aliphatic carbocycles. The lowest BCUT2D eigenvalue weighted by molar-refractivity contribution is -0.0498. The highest BCUT2D eigenvalue weighted by Crippen LogP contribution is 2.24. The van der Waals surface area contributed by atoms with E-state index < -0.39 is 6.61 Å². The second-order valence-corrected chi connectivity index (χ2v) is 4.90. The summed E-state index contributed by atoms with van der Waals surface area (Å²) in [5, 5.41) is 3.33. The number of anilines is 1. The highest BCUT2D eigenvalue weighted by Gasteiger charge is 2.10. The Morgan fingerprint density at radius 3 is 2.57 bits per heavy atom. The Morgan fingerprint density at radius 1 is 1.14 bits per heavy atom. The minimum Gasteiger partial charge on any atom is -0.435 e. The molecule has 0 spiro atoms. The van der Waals surface area contributed by atoms with E-state index >= 15 is 0 Å². The van der Waals surface area contributed by atoms with Gasteiger partial charge in [-0.05, 0) is 50.6 Å². The lowest BCUT2D eigenvalue weighted by Crippen LogP contribution is -2.09. The van der Waals surface area contributed by atoms with Crippen LogP contribution in [0.1, 0.15) is 29.9 Å². The van der Waals surface area contributed by atoms with Gasteiger partial charge in [0.1, 0.15) is 5.75 Å². The fourth-order valence-corrected chi connectivity index (χ4v) is 2.12. The summed E-state index contributed by atoms with van der Waals surface area (Å²) in [5.41, 5.74) is 3.65. The summed E-state index contributed by atoms with van der Waals surface area (Å²) in [7, 11) is 0. The van der Waals surface area contributed by atoms with Crippen molar-refractivity contribution in [2.24, 2.45) is 0 Å². The first kappa shape index (κ1) is 15.2. The zero-order chi connectivity index (χ0) is 15.4. The van der Waals surface area contributed by atoms with E-state index in [0.717, 1.165) is 22.6 Å². The van der Waals surface area contributed by atoms with Crippen LogP contribution in [-0.2, 0) is 0 Å². The van der Waals surface area contributed by atoms with E-state index in [-0.39, 0.29) is 11.8 Å². The normalized spacial score (nSPS) is 12.3. The lowest BCUT2D eigenvalue weighted by Gasteiger charge is -2.18. The highest BCUT2D eigenvalue weighted by molar-refractivity contribution is 5.50. The van der Waals surface area contributed by atoms with Gasteiger partial charge in [0.2, 0.25) is 0 Å². The van der Waals surface area contributed by atoms with Crippen molar-refractivity contribution in [2.75, 3.05) is 5.32 Å². The molecule has 0 saturated heterocycles. The second kappa shape index (κ2) is 6.52. The molecule has 2 rings (SSSR count). The number of pyridine rings is 1. The largest absolute Gasteiger partial charge is 0.435 e. The third-order valence-corrected chi connectivity index (χ3v) is 3.18. The quantitative estimate of drug-likeness (QED) is 0.882. The van der Waals surface area contributed by atoms with Gasteiger partial charge in [-0.15, -0.1) is 0 Å². The minimum absolute atomic E-state index is 0.0468. The van der Waals surface area contributed by atoms with Crippen molar-refractivity contribution >= 4 is 5.69 Å². The molecule has 0 saturated carbocycles. The Labute approximate surface area is 123 Å². The molecule has 1 atom stereocenters. The summed E-state index contributed by atoms with van der Waals surface area (Å²) in [6.07, 6.45) is 0. The number of nitrogens with zero attached hydrogens (tertiary/aromatic N) is 1. The fourth-order valence-electron chi connectivity index (χ4n) is 2.12. The Morgan fingerprint density at radius 2 is 1.90 bits per heavy atom. The summed E-state index contributed by atoms with van der Waals surface area (Å²) in [6.45, 7) is 3.01. The molecule has 0 bridgehead atoms. The number of ether oxygens (including phenoxy) is 1. The maximum atomic E-state index is 12.2. The number of halogens is 2. The topological polar surface area (TPSA) is 34.1 Å². The maximum Gasteiger partial charge on any atom is 0.387 e. The van der Waals surface area contributed by atoms with Crippen LogP contribution in [0.4, 0.5) is 14.5 Å². The molecule has 1 heterocycles. The Hall–Kier alpha value is -2.17. The molecular formula is C16H18F2N2O. The Bertz CT molecular complexity index is 617. The van der Waals surface area contributed by atoms with E-state index in [9.17, 15) is 8.78 Å². The number of benzene rings is 1. The van der Waals surface area contributed by atoms with Crippen LogP contribution in [0.5, 0.6) is 5.75 Å². The SMILES string of the molecule is Cc1ccc(NC(C)c2cccc(OC(F)F)c2)c(C)n1. The third kappa shape index (κ3) is 4.15. The molecule has 21 heavy (non-hydrogen) atoms. The van der Waals surface area contributed by atoms with Crippen LogP contribution in [0.2, 0.25) is 0 Å². The van der Waals surface area contributed by atoms with Gasteiger partial charge in [-0.2, -0.15) is 8.78 Å². The third-order valence-electron chi connectivity index (χ3n) is 3.18. The predicted molar refractivity (Wildman–Crippen MR) is 78.8 cm³/mol.